The summed E-state index contributed by atoms with van der Waals surface area (Å²) in [4.78, 5) is 0. The largest absolute Gasteiger partial charge is 0.381 e. The quantitative estimate of drug-likeness (QED) is 0.754. The molecule has 1 unspecified atom stereocenters. The minimum atomic E-state index is 0.250. The summed E-state index contributed by atoms with van der Waals surface area (Å²) >= 11 is 6.30. The van der Waals surface area contributed by atoms with Gasteiger partial charge in [-0.25, -0.2) is 0 Å². The van der Waals surface area contributed by atoms with Crippen LogP contribution in [0.1, 0.15) is 40.0 Å². The summed E-state index contributed by atoms with van der Waals surface area (Å²) in [6.07, 6.45) is 3.45. The van der Waals surface area contributed by atoms with Crippen LogP contribution < -0.4 is 5.32 Å². The molecule has 1 fully saturated rings. The molecule has 16 heavy (non-hydrogen) atoms. The zero-order valence-electron chi connectivity index (χ0n) is 10.9. The molecule has 0 saturated carbocycles. The lowest BCUT2D eigenvalue weighted by Gasteiger charge is -2.25. The van der Waals surface area contributed by atoms with E-state index in [2.05, 4.69) is 26.1 Å². The smallest absolute Gasteiger partial charge is 0.0469 e. The minimum absolute atomic E-state index is 0.250. The van der Waals surface area contributed by atoms with Crippen molar-refractivity contribution < 1.29 is 4.74 Å². The Morgan fingerprint density at radius 1 is 1.31 bits per heavy atom. The van der Waals surface area contributed by atoms with Crippen LogP contribution in [0.2, 0.25) is 0 Å². The Hall–Kier alpha value is 0.210. The maximum absolute atomic E-state index is 6.30. The van der Waals surface area contributed by atoms with Gasteiger partial charge in [0, 0.05) is 25.1 Å². The van der Waals surface area contributed by atoms with Gasteiger partial charge in [-0.2, -0.15) is 0 Å². The Labute approximate surface area is 105 Å². The van der Waals surface area contributed by atoms with Gasteiger partial charge in [0.2, 0.25) is 0 Å². The van der Waals surface area contributed by atoms with Gasteiger partial charge in [-0.1, -0.05) is 20.8 Å². The molecule has 1 aliphatic heterocycles. The Bertz CT molecular complexity index is 185. The maximum atomic E-state index is 6.30. The minimum Gasteiger partial charge on any atom is -0.381 e. The molecule has 1 rings (SSSR count). The Morgan fingerprint density at radius 3 is 2.50 bits per heavy atom. The third kappa shape index (κ3) is 6.72. The predicted octanol–water partition coefficient (Wildman–Crippen LogP) is 3.05. The zero-order chi connectivity index (χ0) is 12.0. The fraction of sp³-hybridized carbons (Fsp3) is 1.00. The van der Waals surface area contributed by atoms with E-state index in [0.29, 0.717) is 5.41 Å². The van der Waals surface area contributed by atoms with Crippen molar-refractivity contribution >= 4 is 11.6 Å². The summed E-state index contributed by atoms with van der Waals surface area (Å²) in [6, 6.07) is 0. The van der Waals surface area contributed by atoms with Crippen LogP contribution >= 0.6 is 11.6 Å². The van der Waals surface area contributed by atoms with E-state index in [1.54, 1.807) is 0 Å². The summed E-state index contributed by atoms with van der Waals surface area (Å²) in [5.74, 6) is 0.784. The second kappa shape index (κ2) is 6.83. The normalized spacial score (nSPS) is 21.0. The van der Waals surface area contributed by atoms with E-state index in [1.165, 1.54) is 12.8 Å². The molecule has 0 aliphatic carbocycles. The van der Waals surface area contributed by atoms with E-state index in [0.717, 1.165) is 38.6 Å². The molecule has 2 nitrogen and oxygen atoms in total. The highest BCUT2D eigenvalue weighted by Gasteiger charge is 2.17. The summed E-state index contributed by atoms with van der Waals surface area (Å²) in [5, 5.41) is 3.74. The first-order valence-electron chi connectivity index (χ1n) is 6.40. The number of ether oxygens (including phenoxy) is 1. The number of nitrogens with one attached hydrogen (secondary N) is 1. The molecule has 0 aromatic heterocycles. The third-order valence-corrected chi connectivity index (χ3v) is 3.28. The van der Waals surface area contributed by atoms with Crippen molar-refractivity contribution in [2.45, 2.75) is 45.4 Å². The highest BCUT2D eigenvalue weighted by atomic mass is 35.5. The fourth-order valence-electron chi connectivity index (χ4n) is 2.13. The number of alkyl halides is 1. The van der Waals surface area contributed by atoms with Crippen molar-refractivity contribution in [2.24, 2.45) is 11.3 Å². The second-order valence-electron chi connectivity index (χ2n) is 6.08. The molecule has 1 atom stereocenters. The molecular weight excluding hydrogens is 222 g/mol. The molecule has 0 aromatic rings. The van der Waals surface area contributed by atoms with Crippen molar-refractivity contribution in [3.8, 4) is 0 Å². The SMILES string of the molecule is CC(C)(C)CC(Cl)CNCC1CCOCC1. The average Bonchev–Trinajstić information content (AvgIpc) is 2.16. The van der Waals surface area contributed by atoms with E-state index in [-0.39, 0.29) is 5.38 Å². The molecule has 0 amide bonds. The predicted molar refractivity (Wildman–Crippen MR) is 70.1 cm³/mol. The highest BCUT2D eigenvalue weighted by molar-refractivity contribution is 6.20. The van der Waals surface area contributed by atoms with Crippen LogP contribution in [0.15, 0.2) is 0 Å². The standard InChI is InChI=1S/C13H26ClNO/c1-13(2,3)8-12(14)10-15-9-11-4-6-16-7-5-11/h11-12,15H,4-10H2,1-3H3. The van der Waals surface area contributed by atoms with Gasteiger partial charge in [-0.15, -0.1) is 11.6 Å². The summed E-state index contributed by atoms with van der Waals surface area (Å²) in [6.45, 7) is 10.6. The molecule has 0 radical (unpaired) electrons. The molecule has 0 spiro atoms. The highest BCUT2D eigenvalue weighted by Crippen LogP contribution is 2.23. The number of hydrogen-bond donors (Lipinski definition) is 1. The molecule has 3 heteroatoms. The molecular formula is C13H26ClNO. The summed E-state index contributed by atoms with van der Waals surface area (Å²) in [7, 11) is 0. The summed E-state index contributed by atoms with van der Waals surface area (Å²) < 4.78 is 5.34. The van der Waals surface area contributed by atoms with Crippen molar-refractivity contribution in [1.29, 1.82) is 0 Å². The first-order valence-corrected chi connectivity index (χ1v) is 6.83. The van der Waals surface area contributed by atoms with Crippen LogP contribution in [0.3, 0.4) is 0 Å². The van der Waals surface area contributed by atoms with Crippen LogP contribution in [0.5, 0.6) is 0 Å². The number of hydrogen-bond acceptors (Lipinski definition) is 2. The lowest BCUT2D eigenvalue weighted by atomic mass is 9.90. The molecule has 1 N–H and O–H groups in total. The first kappa shape index (κ1) is 14.3. The van der Waals surface area contributed by atoms with E-state index >= 15 is 0 Å². The lowest BCUT2D eigenvalue weighted by Crippen LogP contribution is -2.32. The van der Waals surface area contributed by atoms with Crippen LogP contribution in [-0.4, -0.2) is 31.7 Å². The molecule has 1 aliphatic rings. The Balaban J connectivity index is 2.05. The Morgan fingerprint density at radius 2 is 1.94 bits per heavy atom. The fourth-order valence-corrected chi connectivity index (χ4v) is 2.70. The molecule has 0 aromatic carbocycles. The molecule has 0 bridgehead atoms. The third-order valence-electron chi connectivity index (χ3n) is 2.97. The van der Waals surface area contributed by atoms with Crippen molar-refractivity contribution in [1.82, 2.24) is 5.32 Å². The van der Waals surface area contributed by atoms with Crippen molar-refractivity contribution in [2.75, 3.05) is 26.3 Å². The van der Waals surface area contributed by atoms with Gasteiger partial charge in [-0.3, -0.25) is 0 Å². The van der Waals surface area contributed by atoms with Gasteiger partial charge in [0.05, 0.1) is 0 Å². The van der Waals surface area contributed by atoms with Gasteiger partial charge in [0.15, 0.2) is 0 Å². The van der Waals surface area contributed by atoms with E-state index in [1.807, 2.05) is 0 Å². The zero-order valence-corrected chi connectivity index (χ0v) is 11.6. The Kier molecular flexibility index (Phi) is 6.09. The van der Waals surface area contributed by atoms with Crippen LogP contribution in [0.25, 0.3) is 0 Å². The van der Waals surface area contributed by atoms with Crippen LogP contribution in [0, 0.1) is 11.3 Å². The molecule has 96 valence electrons. The topological polar surface area (TPSA) is 21.3 Å². The van der Waals surface area contributed by atoms with Gasteiger partial charge >= 0.3 is 0 Å². The van der Waals surface area contributed by atoms with E-state index in [9.17, 15) is 0 Å². The van der Waals surface area contributed by atoms with Gasteiger partial charge < -0.3 is 10.1 Å². The number of rotatable bonds is 5. The van der Waals surface area contributed by atoms with Gasteiger partial charge in [0.1, 0.15) is 0 Å². The molecule has 1 heterocycles. The van der Waals surface area contributed by atoms with Gasteiger partial charge in [0.25, 0.3) is 0 Å². The van der Waals surface area contributed by atoms with E-state index < -0.39 is 0 Å². The molecule has 1 saturated heterocycles. The average molecular weight is 248 g/mol. The van der Waals surface area contributed by atoms with Crippen LogP contribution in [0.4, 0.5) is 0 Å². The summed E-state index contributed by atoms with van der Waals surface area (Å²) in [5.41, 5.74) is 0.326. The van der Waals surface area contributed by atoms with Crippen LogP contribution in [-0.2, 0) is 4.74 Å². The lowest BCUT2D eigenvalue weighted by molar-refractivity contribution is 0.0663. The number of halogens is 1. The second-order valence-corrected chi connectivity index (χ2v) is 6.69. The van der Waals surface area contributed by atoms with E-state index in [4.69, 9.17) is 16.3 Å². The van der Waals surface area contributed by atoms with Crippen molar-refractivity contribution in [3.63, 3.8) is 0 Å². The van der Waals surface area contributed by atoms with Gasteiger partial charge in [-0.05, 0) is 37.1 Å². The first-order chi connectivity index (χ1) is 7.47. The van der Waals surface area contributed by atoms with Crippen molar-refractivity contribution in [3.05, 3.63) is 0 Å². The maximum Gasteiger partial charge on any atom is 0.0469 e. The monoisotopic (exact) mass is 247 g/mol.